The summed E-state index contributed by atoms with van der Waals surface area (Å²) in [5.41, 5.74) is 0.534. The molecule has 0 saturated heterocycles. The lowest BCUT2D eigenvalue weighted by molar-refractivity contribution is 0.0218. The number of hydrogen-bond acceptors (Lipinski definition) is 4. The van der Waals surface area contributed by atoms with Crippen LogP contribution in [0.4, 0.5) is 9.18 Å². The zero-order valence-electron chi connectivity index (χ0n) is 16.5. The molecule has 0 radical (unpaired) electrons. The van der Waals surface area contributed by atoms with Crippen LogP contribution in [0.25, 0.3) is 0 Å². The molecule has 148 valence electrons. The van der Waals surface area contributed by atoms with Crippen molar-refractivity contribution < 1.29 is 23.5 Å². The molecule has 1 aliphatic rings. The SMILES string of the molecule is CC1CN(C(=O)OC(C)(C)C)C(=O)c2c(OCc3ccccc3)ccc(F)c21. The first kappa shape index (κ1) is 19.9. The van der Waals surface area contributed by atoms with E-state index in [1.807, 2.05) is 30.3 Å². The Balaban J connectivity index is 1.93. The van der Waals surface area contributed by atoms with Crippen LogP contribution in [0.2, 0.25) is 0 Å². The van der Waals surface area contributed by atoms with E-state index in [1.54, 1.807) is 27.7 Å². The summed E-state index contributed by atoms with van der Waals surface area (Å²) >= 11 is 0. The minimum absolute atomic E-state index is 0.0554. The van der Waals surface area contributed by atoms with Gasteiger partial charge in [-0.25, -0.2) is 14.1 Å². The van der Waals surface area contributed by atoms with E-state index >= 15 is 0 Å². The molecule has 2 aromatic carbocycles. The molecule has 1 heterocycles. The smallest absolute Gasteiger partial charge is 0.417 e. The maximum absolute atomic E-state index is 14.5. The average Bonchev–Trinajstić information content (AvgIpc) is 2.62. The lowest BCUT2D eigenvalue weighted by Crippen LogP contribution is -2.46. The van der Waals surface area contributed by atoms with Crippen LogP contribution in [-0.2, 0) is 11.3 Å². The Kier molecular flexibility index (Phi) is 5.40. The molecule has 0 aliphatic carbocycles. The van der Waals surface area contributed by atoms with Crippen LogP contribution in [-0.4, -0.2) is 29.0 Å². The van der Waals surface area contributed by atoms with Gasteiger partial charge in [-0.15, -0.1) is 0 Å². The lowest BCUT2D eigenvalue weighted by Gasteiger charge is -2.33. The Bertz CT molecular complexity index is 889. The van der Waals surface area contributed by atoms with Gasteiger partial charge in [-0.3, -0.25) is 4.79 Å². The number of amides is 2. The van der Waals surface area contributed by atoms with Crippen LogP contribution in [0.5, 0.6) is 5.75 Å². The fourth-order valence-corrected chi connectivity index (χ4v) is 3.19. The highest BCUT2D eigenvalue weighted by Crippen LogP contribution is 2.37. The summed E-state index contributed by atoms with van der Waals surface area (Å²) in [6, 6.07) is 12.2. The molecule has 0 N–H and O–H groups in total. The van der Waals surface area contributed by atoms with Gasteiger partial charge in [-0.2, -0.15) is 0 Å². The van der Waals surface area contributed by atoms with Crippen LogP contribution in [0, 0.1) is 5.82 Å². The van der Waals surface area contributed by atoms with Crippen molar-refractivity contribution in [2.24, 2.45) is 0 Å². The highest BCUT2D eigenvalue weighted by atomic mass is 19.1. The van der Waals surface area contributed by atoms with Crippen molar-refractivity contribution in [3.05, 3.63) is 65.0 Å². The summed E-state index contributed by atoms with van der Waals surface area (Å²) in [5.74, 6) is -1.21. The van der Waals surface area contributed by atoms with E-state index in [-0.39, 0.29) is 35.9 Å². The molecule has 0 fully saturated rings. The summed E-state index contributed by atoms with van der Waals surface area (Å²) in [4.78, 5) is 26.6. The molecule has 6 heteroatoms. The number of fused-ring (bicyclic) bond motifs is 1. The molecule has 5 nitrogen and oxygen atoms in total. The monoisotopic (exact) mass is 385 g/mol. The normalized spacial score (nSPS) is 16.5. The van der Waals surface area contributed by atoms with Crippen LogP contribution in [0.3, 0.4) is 0 Å². The molecule has 0 bridgehead atoms. The standard InChI is InChI=1S/C22H24FNO4/c1-14-12-24(21(26)28-22(2,3)4)20(25)19-17(11-10-16(23)18(14)19)27-13-15-8-6-5-7-9-15/h5-11,14H,12-13H2,1-4H3. The predicted molar refractivity (Wildman–Crippen MR) is 103 cm³/mol. The van der Waals surface area contributed by atoms with Crippen molar-refractivity contribution in [3.63, 3.8) is 0 Å². The molecule has 1 atom stereocenters. The van der Waals surface area contributed by atoms with E-state index in [9.17, 15) is 14.0 Å². The van der Waals surface area contributed by atoms with E-state index in [2.05, 4.69) is 0 Å². The lowest BCUT2D eigenvalue weighted by atomic mass is 9.89. The highest BCUT2D eigenvalue weighted by Gasteiger charge is 2.39. The van der Waals surface area contributed by atoms with Crippen molar-refractivity contribution in [3.8, 4) is 5.75 Å². The van der Waals surface area contributed by atoms with Crippen molar-refractivity contribution in [2.45, 2.75) is 45.8 Å². The number of nitrogens with zero attached hydrogens (tertiary/aromatic N) is 1. The molecule has 0 aromatic heterocycles. The van der Waals surface area contributed by atoms with E-state index in [0.717, 1.165) is 10.5 Å². The zero-order chi connectivity index (χ0) is 20.5. The number of carbonyl (C=O) groups is 2. The number of hydrogen-bond donors (Lipinski definition) is 0. The van der Waals surface area contributed by atoms with Gasteiger partial charge < -0.3 is 9.47 Å². The van der Waals surface area contributed by atoms with Crippen molar-refractivity contribution in [1.82, 2.24) is 4.90 Å². The fourth-order valence-electron chi connectivity index (χ4n) is 3.19. The number of benzene rings is 2. The van der Waals surface area contributed by atoms with Gasteiger partial charge in [-0.05, 0) is 38.5 Å². The number of halogens is 1. The molecular weight excluding hydrogens is 361 g/mol. The minimum atomic E-state index is -0.742. The highest BCUT2D eigenvalue weighted by molar-refractivity contribution is 6.07. The molecule has 3 rings (SSSR count). The van der Waals surface area contributed by atoms with E-state index in [1.165, 1.54) is 12.1 Å². The largest absolute Gasteiger partial charge is 0.488 e. The average molecular weight is 385 g/mol. The summed E-state index contributed by atoms with van der Waals surface area (Å²) in [6.07, 6.45) is -0.742. The molecular formula is C22H24FNO4. The number of imide groups is 1. The Labute approximate surface area is 164 Å². The molecule has 0 spiro atoms. The number of carbonyl (C=O) groups excluding carboxylic acids is 2. The topological polar surface area (TPSA) is 55.8 Å². The fraction of sp³-hybridized carbons (Fsp3) is 0.364. The van der Waals surface area contributed by atoms with Crippen LogP contribution >= 0.6 is 0 Å². The van der Waals surface area contributed by atoms with Gasteiger partial charge >= 0.3 is 6.09 Å². The number of rotatable bonds is 3. The second-order valence-electron chi connectivity index (χ2n) is 7.91. The Morgan fingerprint density at radius 1 is 1.18 bits per heavy atom. The molecule has 1 unspecified atom stereocenters. The summed E-state index contributed by atoms with van der Waals surface area (Å²) in [7, 11) is 0. The maximum atomic E-state index is 14.5. The Morgan fingerprint density at radius 3 is 2.50 bits per heavy atom. The molecule has 2 aromatic rings. The van der Waals surface area contributed by atoms with Gasteiger partial charge in [0.05, 0.1) is 5.56 Å². The molecule has 28 heavy (non-hydrogen) atoms. The predicted octanol–water partition coefficient (Wildman–Crippen LogP) is 4.90. The van der Waals surface area contributed by atoms with Crippen molar-refractivity contribution in [1.29, 1.82) is 0 Å². The molecule has 0 saturated carbocycles. The first-order valence-corrected chi connectivity index (χ1v) is 9.21. The maximum Gasteiger partial charge on any atom is 0.417 e. The van der Waals surface area contributed by atoms with Gasteiger partial charge in [0.25, 0.3) is 5.91 Å². The number of ether oxygens (including phenoxy) is 2. The second-order valence-corrected chi connectivity index (χ2v) is 7.91. The quantitative estimate of drug-likeness (QED) is 0.754. The summed E-state index contributed by atoms with van der Waals surface area (Å²) < 4.78 is 25.7. The Morgan fingerprint density at radius 2 is 1.86 bits per heavy atom. The minimum Gasteiger partial charge on any atom is -0.488 e. The Hall–Kier alpha value is -2.89. The van der Waals surface area contributed by atoms with Gasteiger partial charge in [0.1, 0.15) is 23.8 Å². The van der Waals surface area contributed by atoms with Crippen molar-refractivity contribution >= 4 is 12.0 Å². The molecule has 1 aliphatic heterocycles. The van der Waals surface area contributed by atoms with E-state index in [4.69, 9.17) is 9.47 Å². The van der Waals surface area contributed by atoms with E-state index < -0.39 is 23.4 Å². The third-order valence-electron chi connectivity index (χ3n) is 4.41. The molecule has 2 amide bonds. The van der Waals surface area contributed by atoms with Crippen LogP contribution in [0.15, 0.2) is 42.5 Å². The van der Waals surface area contributed by atoms with E-state index in [0.29, 0.717) is 0 Å². The van der Waals surface area contributed by atoms with Gasteiger partial charge in [0.2, 0.25) is 0 Å². The first-order chi connectivity index (χ1) is 13.2. The summed E-state index contributed by atoms with van der Waals surface area (Å²) in [5, 5.41) is 0. The second kappa shape index (κ2) is 7.62. The van der Waals surface area contributed by atoms with Crippen LogP contribution in [0.1, 0.15) is 55.1 Å². The summed E-state index contributed by atoms with van der Waals surface area (Å²) in [6.45, 7) is 7.24. The van der Waals surface area contributed by atoms with Gasteiger partial charge in [-0.1, -0.05) is 37.3 Å². The van der Waals surface area contributed by atoms with Gasteiger partial charge in [0, 0.05) is 18.0 Å². The van der Waals surface area contributed by atoms with Gasteiger partial charge in [0.15, 0.2) is 0 Å². The zero-order valence-corrected chi connectivity index (χ0v) is 16.5. The third kappa shape index (κ3) is 4.16. The third-order valence-corrected chi connectivity index (χ3v) is 4.41. The first-order valence-electron chi connectivity index (χ1n) is 9.21. The van der Waals surface area contributed by atoms with Crippen molar-refractivity contribution in [2.75, 3.05) is 6.54 Å². The van der Waals surface area contributed by atoms with Crippen LogP contribution < -0.4 is 4.74 Å².